The molecule has 1 atom stereocenters. The summed E-state index contributed by atoms with van der Waals surface area (Å²) in [6, 6.07) is 6.10. The number of carbonyl (C=O) groups is 2. The lowest BCUT2D eigenvalue weighted by Gasteiger charge is -2.28. The fourth-order valence-electron chi connectivity index (χ4n) is 2.23. The van der Waals surface area contributed by atoms with E-state index in [4.69, 9.17) is 16.3 Å². The van der Waals surface area contributed by atoms with Crippen LogP contribution >= 0.6 is 11.6 Å². The number of hydrogen-bond acceptors (Lipinski definition) is 3. The van der Waals surface area contributed by atoms with Crippen molar-refractivity contribution in [2.24, 2.45) is 5.92 Å². The van der Waals surface area contributed by atoms with Crippen LogP contribution in [0.4, 0.5) is 4.79 Å². The van der Waals surface area contributed by atoms with Gasteiger partial charge >= 0.3 is 12.0 Å². The van der Waals surface area contributed by atoms with Crippen LogP contribution in [0.3, 0.4) is 0 Å². The second kappa shape index (κ2) is 6.83. The molecule has 0 bridgehead atoms. The number of nitrogens with one attached hydrogen (secondary N) is 2. The van der Waals surface area contributed by atoms with E-state index in [1.165, 1.54) is 0 Å². The van der Waals surface area contributed by atoms with Gasteiger partial charge in [-0.3, -0.25) is 0 Å². The van der Waals surface area contributed by atoms with Crippen molar-refractivity contribution in [1.82, 2.24) is 10.6 Å². The smallest absolute Gasteiger partial charge is 0.338 e. The third kappa shape index (κ3) is 3.60. The van der Waals surface area contributed by atoms with Gasteiger partial charge in [-0.2, -0.15) is 0 Å². The largest absolute Gasteiger partial charge is 0.462 e. The van der Waals surface area contributed by atoms with Crippen molar-refractivity contribution in [3.63, 3.8) is 0 Å². The van der Waals surface area contributed by atoms with Crippen molar-refractivity contribution in [3.8, 4) is 0 Å². The Labute approximate surface area is 134 Å². The molecule has 1 aromatic rings. The molecule has 2 N–H and O–H groups in total. The zero-order valence-corrected chi connectivity index (χ0v) is 13.5. The van der Waals surface area contributed by atoms with Crippen molar-refractivity contribution in [3.05, 3.63) is 46.1 Å². The molecule has 0 fully saturated rings. The van der Waals surface area contributed by atoms with E-state index in [9.17, 15) is 9.59 Å². The number of hydrogen-bond donors (Lipinski definition) is 2. The first-order valence-electron chi connectivity index (χ1n) is 7.10. The van der Waals surface area contributed by atoms with Crippen LogP contribution in [0.1, 0.15) is 32.4 Å². The monoisotopic (exact) mass is 322 g/mol. The van der Waals surface area contributed by atoms with Gasteiger partial charge in [-0.1, -0.05) is 43.6 Å². The maximum atomic E-state index is 12.4. The van der Waals surface area contributed by atoms with Gasteiger partial charge < -0.3 is 15.4 Å². The zero-order valence-electron chi connectivity index (χ0n) is 12.8. The van der Waals surface area contributed by atoms with E-state index in [0.717, 1.165) is 0 Å². The van der Waals surface area contributed by atoms with E-state index in [-0.39, 0.29) is 11.9 Å². The summed E-state index contributed by atoms with van der Waals surface area (Å²) in [6.45, 7) is 5.91. The average molecular weight is 323 g/mol. The SMILES string of the molecule is CC1=C(C(=O)OCC(C)C)[C@H](c2ccccc2Cl)NC(=O)N1. The highest BCUT2D eigenvalue weighted by Crippen LogP contribution is 2.31. The predicted molar refractivity (Wildman–Crippen MR) is 84.4 cm³/mol. The van der Waals surface area contributed by atoms with Crippen molar-refractivity contribution in [2.45, 2.75) is 26.8 Å². The number of urea groups is 1. The summed E-state index contributed by atoms with van der Waals surface area (Å²) >= 11 is 6.20. The number of amides is 2. The van der Waals surface area contributed by atoms with Crippen molar-refractivity contribution >= 4 is 23.6 Å². The number of esters is 1. The van der Waals surface area contributed by atoms with Crippen LogP contribution in [0.5, 0.6) is 0 Å². The van der Waals surface area contributed by atoms with Crippen LogP contribution in [0, 0.1) is 5.92 Å². The first kappa shape index (κ1) is 16.4. The fourth-order valence-corrected chi connectivity index (χ4v) is 2.47. The van der Waals surface area contributed by atoms with Crippen LogP contribution in [-0.2, 0) is 9.53 Å². The van der Waals surface area contributed by atoms with E-state index in [0.29, 0.717) is 28.5 Å². The lowest BCUT2D eigenvalue weighted by Crippen LogP contribution is -2.45. The quantitative estimate of drug-likeness (QED) is 0.837. The van der Waals surface area contributed by atoms with Crippen LogP contribution in [-0.4, -0.2) is 18.6 Å². The molecule has 2 amide bonds. The second-order valence-corrected chi connectivity index (χ2v) is 5.99. The van der Waals surface area contributed by atoms with Gasteiger partial charge in [-0.15, -0.1) is 0 Å². The predicted octanol–water partition coefficient (Wildman–Crippen LogP) is 3.17. The van der Waals surface area contributed by atoms with E-state index in [1.807, 2.05) is 19.9 Å². The summed E-state index contributed by atoms with van der Waals surface area (Å²) in [5.41, 5.74) is 1.51. The van der Waals surface area contributed by atoms with Crippen LogP contribution < -0.4 is 10.6 Å². The minimum absolute atomic E-state index is 0.231. The Morgan fingerprint density at radius 3 is 2.68 bits per heavy atom. The zero-order chi connectivity index (χ0) is 16.3. The number of carbonyl (C=O) groups excluding carboxylic acids is 2. The molecule has 5 nitrogen and oxygen atoms in total. The van der Waals surface area contributed by atoms with E-state index in [1.54, 1.807) is 25.1 Å². The molecule has 118 valence electrons. The van der Waals surface area contributed by atoms with Gasteiger partial charge in [-0.05, 0) is 24.5 Å². The van der Waals surface area contributed by atoms with E-state index in [2.05, 4.69) is 10.6 Å². The number of halogens is 1. The molecular formula is C16H19ClN2O3. The first-order valence-corrected chi connectivity index (χ1v) is 7.47. The molecule has 0 saturated heterocycles. The molecule has 0 saturated carbocycles. The highest BCUT2D eigenvalue weighted by atomic mass is 35.5. The summed E-state index contributed by atoms with van der Waals surface area (Å²) in [5.74, 6) is -0.224. The average Bonchev–Trinajstić information content (AvgIpc) is 2.44. The molecule has 0 unspecified atom stereocenters. The molecule has 2 rings (SSSR count). The Bertz CT molecular complexity index is 626. The van der Waals surface area contributed by atoms with Crippen molar-refractivity contribution < 1.29 is 14.3 Å². The Morgan fingerprint density at radius 2 is 2.05 bits per heavy atom. The first-order chi connectivity index (χ1) is 10.4. The molecule has 0 aliphatic carbocycles. The van der Waals surface area contributed by atoms with Gasteiger partial charge in [0.25, 0.3) is 0 Å². The summed E-state index contributed by atoms with van der Waals surface area (Å²) in [5, 5.41) is 5.82. The molecule has 0 spiro atoms. The molecule has 0 radical (unpaired) electrons. The lowest BCUT2D eigenvalue weighted by atomic mass is 9.95. The summed E-state index contributed by atoms with van der Waals surface area (Å²) < 4.78 is 5.31. The normalized spacial score (nSPS) is 18.0. The number of benzene rings is 1. The lowest BCUT2D eigenvalue weighted by molar-refractivity contribution is -0.140. The number of allylic oxidation sites excluding steroid dienone is 1. The third-order valence-corrected chi connectivity index (χ3v) is 3.60. The van der Waals surface area contributed by atoms with Gasteiger partial charge in [0.2, 0.25) is 0 Å². The third-order valence-electron chi connectivity index (χ3n) is 3.25. The second-order valence-electron chi connectivity index (χ2n) is 5.58. The van der Waals surface area contributed by atoms with Gasteiger partial charge in [0.05, 0.1) is 18.2 Å². The highest BCUT2D eigenvalue weighted by molar-refractivity contribution is 6.31. The van der Waals surface area contributed by atoms with Crippen LogP contribution in [0.15, 0.2) is 35.5 Å². The summed E-state index contributed by atoms with van der Waals surface area (Å²) in [6.07, 6.45) is 0. The maximum absolute atomic E-state index is 12.4. The fraction of sp³-hybridized carbons (Fsp3) is 0.375. The van der Waals surface area contributed by atoms with Gasteiger partial charge in [0, 0.05) is 10.7 Å². The Hall–Kier alpha value is -2.01. The van der Waals surface area contributed by atoms with Gasteiger partial charge in [0.1, 0.15) is 0 Å². The molecule has 22 heavy (non-hydrogen) atoms. The standard InChI is InChI=1S/C16H19ClN2O3/c1-9(2)8-22-15(20)13-10(3)18-16(21)19-14(13)11-6-4-5-7-12(11)17/h4-7,9,14H,8H2,1-3H3,(H2,18,19,21)/t14-/m0/s1. The summed E-state index contributed by atoms with van der Waals surface area (Å²) in [4.78, 5) is 24.2. The molecule has 1 aliphatic rings. The van der Waals surface area contributed by atoms with Crippen molar-refractivity contribution in [1.29, 1.82) is 0 Å². The van der Waals surface area contributed by atoms with E-state index >= 15 is 0 Å². The minimum Gasteiger partial charge on any atom is -0.462 e. The number of ether oxygens (including phenoxy) is 1. The molecule has 1 heterocycles. The van der Waals surface area contributed by atoms with Crippen molar-refractivity contribution in [2.75, 3.05) is 6.61 Å². The Kier molecular flexibility index (Phi) is 5.08. The molecule has 0 aromatic heterocycles. The topological polar surface area (TPSA) is 67.4 Å². The van der Waals surface area contributed by atoms with Crippen LogP contribution in [0.25, 0.3) is 0 Å². The molecule has 6 heteroatoms. The van der Waals surface area contributed by atoms with E-state index < -0.39 is 12.0 Å². The Balaban J connectivity index is 2.37. The number of rotatable bonds is 4. The molecular weight excluding hydrogens is 304 g/mol. The molecule has 1 aromatic carbocycles. The Morgan fingerprint density at radius 1 is 1.36 bits per heavy atom. The van der Waals surface area contributed by atoms with Gasteiger partial charge in [-0.25, -0.2) is 9.59 Å². The summed E-state index contributed by atoms with van der Waals surface area (Å²) in [7, 11) is 0. The molecule has 1 aliphatic heterocycles. The maximum Gasteiger partial charge on any atom is 0.338 e. The highest BCUT2D eigenvalue weighted by Gasteiger charge is 2.33. The van der Waals surface area contributed by atoms with Crippen LogP contribution in [0.2, 0.25) is 5.02 Å². The minimum atomic E-state index is -0.623. The van der Waals surface area contributed by atoms with Gasteiger partial charge in [0.15, 0.2) is 0 Å².